The molecule has 1 aliphatic rings. The van der Waals surface area contributed by atoms with Crippen molar-refractivity contribution in [1.82, 2.24) is 9.78 Å². The fourth-order valence-electron chi connectivity index (χ4n) is 3.25. The van der Waals surface area contributed by atoms with E-state index < -0.39 is 0 Å². The van der Waals surface area contributed by atoms with Crippen molar-refractivity contribution in [1.29, 1.82) is 5.26 Å². The summed E-state index contributed by atoms with van der Waals surface area (Å²) in [6.07, 6.45) is 0. The summed E-state index contributed by atoms with van der Waals surface area (Å²) in [5.74, 6) is -0.198. The van der Waals surface area contributed by atoms with Gasteiger partial charge in [-0.15, -0.1) is 0 Å². The van der Waals surface area contributed by atoms with Crippen molar-refractivity contribution in [2.75, 3.05) is 0 Å². The number of rotatable bonds is 2. The second kappa shape index (κ2) is 6.05. The van der Waals surface area contributed by atoms with E-state index in [9.17, 15) is 9.65 Å². The Kier molecular flexibility index (Phi) is 3.70. The molecule has 0 aliphatic carbocycles. The van der Waals surface area contributed by atoms with Gasteiger partial charge in [0, 0.05) is 0 Å². The monoisotopic (exact) mass is 346 g/mol. The molecule has 0 saturated heterocycles. The molecule has 26 heavy (non-hydrogen) atoms. The number of aromatic nitrogens is 2. The minimum Gasteiger partial charge on any atom is -0.422 e. The summed E-state index contributed by atoms with van der Waals surface area (Å²) in [5.41, 5.74) is 9.48. The molecule has 2 heterocycles. The Morgan fingerprint density at radius 3 is 2.50 bits per heavy atom. The standard InChI is InChI=1S/C20H15FN4O/c1-12-17-18(13-5-3-2-4-6-13)16(11-22)19(23)26-20(17)25(24-12)15-9-7-14(21)8-10-15/h2-10,18H,23H2,1H3. The van der Waals surface area contributed by atoms with Gasteiger partial charge >= 0.3 is 0 Å². The Bertz CT molecular complexity index is 1050. The summed E-state index contributed by atoms with van der Waals surface area (Å²) < 4.78 is 20.6. The first-order chi connectivity index (χ1) is 12.6. The summed E-state index contributed by atoms with van der Waals surface area (Å²) >= 11 is 0. The first kappa shape index (κ1) is 15.9. The molecule has 1 atom stereocenters. The molecular weight excluding hydrogens is 331 g/mol. The van der Waals surface area contributed by atoms with Crippen molar-refractivity contribution in [2.45, 2.75) is 12.8 Å². The fraction of sp³-hybridized carbons (Fsp3) is 0.100. The van der Waals surface area contributed by atoms with E-state index >= 15 is 0 Å². The zero-order valence-electron chi connectivity index (χ0n) is 14.0. The molecule has 0 amide bonds. The predicted molar refractivity (Wildman–Crippen MR) is 94.0 cm³/mol. The van der Waals surface area contributed by atoms with E-state index in [0.29, 0.717) is 17.1 Å². The predicted octanol–water partition coefficient (Wildman–Crippen LogP) is 3.54. The van der Waals surface area contributed by atoms with Crippen LogP contribution in [0.1, 0.15) is 22.7 Å². The molecule has 0 radical (unpaired) electrons. The van der Waals surface area contributed by atoms with Crippen LogP contribution in [0.4, 0.5) is 4.39 Å². The molecule has 128 valence electrons. The zero-order valence-corrected chi connectivity index (χ0v) is 14.0. The highest BCUT2D eigenvalue weighted by molar-refractivity contribution is 5.57. The number of hydrogen-bond donors (Lipinski definition) is 1. The van der Waals surface area contributed by atoms with Gasteiger partial charge in [0.2, 0.25) is 11.8 Å². The molecule has 2 N–H and O–H groups in total. The highest BCUT2D eigenvalue weighted by Gasteiger charge is 2.35. The number of allylic oxidation sites excluding steroid dienone is 1. The van der Waals surface area contributed by atoms with E-state index in [-0.39, 0.29) is 17.6 Å². The van der Waals surface area contributed by atoms with Crippen LogP contribution in [0.2, 0.25) is 0 Å². The van der Waals surface area contributed by atoms with Gasteiger partial charge < -0.3 is 10.5 Å². The van der Waals surface area contributed by atoms with Gasteiger partial charge in [0.25, 0.3) is 0 Å². The van der Waals surface area contributed by atoms with Crippen LogP contribution in [-0.4, -0.2) is 9.78 Å². The first-order valence-corrected chi connectivity index (χ1v) is 8.08. The Hall–Kier alpha value is -3.59. The third kappa shape index (κ3) is 2.42. The van der Waals surface area contributed by atoms with Crippen LogP contribution in [0.5, 0.6) is 5.88 Å². The summed E-state index contributed by atoms with van der Waals surface area (Å²) in [6.45, 7) is 1.86. The summed E-state index contributed by atoms with van der Waals surface area (Å²) in [6, 6.07) is 17.7. The van der Waals surface area contributed by atoms with Crippen LogP contribution >= 0.6 is 0 Å². The average molecular weight is 346 g/mol. The molecular formula is C20H15FN4O. The molecule has 4 rings (SSSR count). The van der Waals surface area contributed by atoms with Crippen molar-refractivity contribution in [2.24, 2.45) is 5.73 Å². The number of halogens is 1. The molecule has 1 unspecified atom stereocenters. The Morgan fingerprint density at radius 2 is 1.85 bits per heavy atom. The van der Waals surface area contributed by atoms with Gasteiger partial charge in [-0.2, -0.15) is 10.4 Å². The smallest absolute Gasteiger partial charge is 0.229 e. The minimum atomic E-state index is -0.362. The van der Waals surface area contributed by atoms with E-state index in [1.807, 2.05) is 37.3 Å². The molecule has 1 aromatic heterocycles. The maximum absolute atomic E-state index is 13.3. The maximum Gasteiger partial charge on any atom is 0.229 e. The number of nitrogens with zero attached hydrogens (tertiary/aromatic N) is 3. The molecule has 6 heteroatoms. The second-order valence-corrected chi connectivity index (χ2v) is 6.03. The highest BCUT2D eigenvalue weighted by Crippen LogP contribution is 2.44. The number of hydrogen-bond acceptors (Lipinski definition) is 4. The molecule has 0 bridgehead atoms. The van der Waals surface area contributed by atoms with E-state index in [0.717, 1.165) is 16.8 Å². The SMILES string of the molecule is Cc1nn(-c2ccc(F)cc2)c2c1C(c1ccccc1)C(C#N)=C(N)O2. The third-order valence-corrected chi connectivity index (χ3v) is 4.44. The van der Waals surface area contributed by atoms with E-state index in [1.54, 1.807) is 16.8 Å². The zero-order chi connectivity index (χ0) is 18.3. The van der Waals surface area contributed by atoms with Crippen molar-refractivity contribution >= 4 is 0 Å². The van der Waals surface area contributed by atoms with Crippen LogP contribution in [0, 0.1) is 24.1 Å². The van der Waals surface area contributed by atoms with Gasteiger partial charge in [-0.3, -0.25) is 0 Å². The molecule has 0 spiro atoms. The topological polar surface area (TPSA) is 76.9 Å². The van der Waals surface area contributed by atoms with Gasteiger partial charge in [0.15, 0.2) is 0 Å². The number of nitrogens with two attached hydrogens (primary N) is 1. The van der Waals surface area contributed by atoms with Crippen LogP contribution in [0.25, 0.3) is 5.69 Å². The van der Waals surface area contributed by atoms with Crippen molar-refractivity contribution in [3.63, 3.8) is 0 Å². The molecule has 0 saturated carbocycles. The lowest BCUT2D eigenvalue weighted by Crippen LogP contribution is -2.22. The first-order valence-electron chi connectivity index (χ1n) is 8.08. The highest BCUT2D eigenvalue weighted by atomic mass is 19.1. The van der Waals surface area contributed by atoms with Crippen molar-refractivity contribution in [3.05, 3.63) is 88.7 Å². The quantitative estimate of drug-likeness (QED) is 0.770. The van der Waals surface area contributed by atoms with Crippen LogP contribution < -0.4 is 10.5 Å². The van der Waals surface area contributed by atoms with Crippen molar-refractivity contribution < 1.29 is 9.13 Å². The number of aryl methyl sites for hydroxylation is 1. The number of ether oxygens (including phenoxy) is 1. The minimum absolute atomic E-state index is 0.0529. The van der Waals surface area contributed by atoms with Gasteiger partial charge in [0.1, 0.15) is 17.5 Å². The van der Waals surface area contributed by atoms with Crippen LogP contribution in [0.15, 0.2) is 66.1 Å². The maximum atomic E-state index is 13.3. The van der Waals surface area contributed by atoms with Crippen molar-refractivity contribution in [3.8, 4) is 17.6 Å². The summed E-state index contributed by atoms with van der Waals surface area (Å²) in [7, 11) is 0. The number of benzene rings is 2. The molecule has 5 nitrogen and oxygen atoms in total. The fourth-order valence-corrected chi connectivity index (χ4v) is 3.25. The summed E-state index contributed by atoms with van der Waals surface area (Å²) in [4.78, 5) is 0. The Balaban J connectivity index is 1.95. The van der Waals surface area contributed by atoms with E-state index in [2.05, 4.69) is 11.2 Å². The Morgan fingerprint density at radius 1 is 1.15 bits per heavy atom. The molecule has 1 aliphatic heterocycles. The molecule has 2 aromatic carbocycles. The van der Waals surface area contributed by atoms with E-state index in [4.69, 9.17) is 10.5 Å². The van der Waals surface area contributed by atoms with Crippen LogP contribution in [0.3, 0.4) is 0 Å². The van der Waals surface area contributed by atoms with Gasteiger partial charge in [-0.1, -0.05) is 30.3 Å². The summed E-state index contributed by atoms with van der Waals surface area (Å²) in [5, 5.41) is 14.2. The third-order valence-electron chi connectivity index (χ3n) is 4.44. The van der Waals surface area contributed by atoms with E-state index in [1.165, 1.54) is 12.1 Å². The molecule has 0 fully saturated rings. The normalized spacial score (nSPS) is 16.0. The lowest BCUT2D eigenvalue weighted by atomic mass is 9.84. The van der Waals surface area contributed by atoms with Crippen LogP contribution in [-0.2, 0) is 0 Å². The van der Waals surface area contributed by atoms with Gasteiger partial charge in [-0.25, -0.2) is 9.07 Å². The average Bonchev–Trinajstić information content (AvgIpc) is 2.98. The largest absolute Gasteiger partial charge is 0.422 e. The second-order valence-electron chi connectivity index (χ2n) is 6.03. The van der Waals surface area contributed by atoms with Gasteiger partial charge in [0.05, 0.1) is 22.9 Å². The van der Waals surface area contributed by atoms with Gasteiger partial charge in [-0.05, 0) is 36.8 Å². The Labute approximate surface area is 149 Å². The molecule has 3 aromatic rings. The lowest BCUT2D eigenvalue weighted by Gasteiger charge is -2.24. The number of nitriles is 1. The number of fused-ring (bicyclic) bond motifs is 1. The lowest BCUT2D eigenvalue weighted by molar-refractivity contribution is 0.367.